The quantitative estimate of drug-likeness (QED) is 0.517. The number of hydrogen-bond acceptors (Lipinski definition) is 3. The van der Waals surface area contributed by atoms with E-state index in [9.17, 15) is 4.79 Å². The summed E-state index contributed by atoms with van der Waals surface area (Å²) in [7, 11) is 1.64. The molecule has 0 bridgehead atoms. The van der Waals surface area contributed by atoms with Gasteiger partial charge in [0.25, 0.3) is 5.91 Å². The van der Waals surface area contributed by atoms with Crippen LogP contribution in [0.3, 0.4) is 0 Å². The van der Waals surface area contributed by atoms with Gasteiger partial charge in [0, 0.05) is 7.05 Å². The Hall–Kier alpha value is -2.14. The van der Waals surface area contributed by atoms with Crippen LogP contribution in [0.15, 0.2) is 42.6 Å². The normalized spacial score (nSPS) is 16.7. The summed E-state index contributed by atoms with van der Waals surface area (Å²) in [6, 6.07) is 7.44. The lowest BCUT2D eigenvalue weighted by atomic mass is 10.2. The molecule has 1 amide bonds. The highest BCUT2D eigenvalue weighted by molar-refractivity contribution is 7.80. The third-order valence-electron chi connectivity index (χ3n) is 2.64. The molecule has 1 aliphatic heterocycles. The lowest BCUT2D eigenvalue weighted by Crippen LogP contribution is -2.25. The van der Waals surface area contributed by atoms with Crippen molar-refractivity contribution in [1.29, 1.82) is 0 Å². The van der Waals surface area contributed by atoms with Gasteiger partial charge < -0.3 is 10.1 Å². The monoisotopic (exact) mass is 274 g/mol. The first-order valence-corrected chi connectivity index (χ1v) is 6.17. The number of nitrogens with one attached hydrogen (secondary N) is 1. The molecule has 1 heterocycles. The summed E-state index contributed by atoms with van der Waals surface area (Å²) in [4.78, 5) is 13.2. The van der Waals surface area contributed by atoms with Crippen molar-refractivity contribution in [2.45, 2.75) is 0 Å². The molecule has 0 aromatic heterocycles. The molecule has 0 saturated carbocycles. The summed E-state index contributed by atoms with van der Waals surface area (Å²) >= 11 is 5.00. The van der Waals surface area contributed by atoms with Crippen LogP contribution in [0, 0.1) is 0 Å². The predicted molar refractivity (Wildman–Crippen MR) is 78.6 cm³/mol. The van der Waals surface area contributed by atoms with Crippen molar-refractivity contribution >= 4 is 29.3 Å². The summed E-state index contributed by atoms with van der Waals surface area (Å²) in [5, 5.41) is 3.29. The minimum absolute atomic E-state index is 0.128. The lowest BCUT2D eigenvalue weighted by Gasteiger charge is -2.03. The van der Waals surface area contributed by atoms with Crippen LogP contribution in [0.1, 0.15) is 5.56 Å². The number of benzene rings is 1. The van der Waals surface area contributed by atoms with E-state index in [4.69, 9.17) is 17.0 Å². The van der Waals surface area contributed by atoms with Crippen LogP contribution in [0.5, 0.6) is 5.75 Å². The summed E-state index contributed by atoms with van der Waals surface area (Å²) in [5.41, 5.74) is 1.38. The van der Waals surface area contributed by atoms with Crippen LogP contribution in [0.2, 0.25) is 0 Å². The Morgan fingerprint density at radius 3 is 2.63 bits per heavy atom. The van der Waals surface area contributed by atoms with Crippen molar-refractivity contribution in [3.8, 4) is 5.75 Å². The second-order valence-corrected chi connectivity index (χ2v) is 4.41. The van der Waals surface area contributed by atoms with Crippen LogP contribution in [-0.2, 0) is 4.79 Å². The van der Waals surface area contributed by atoms with Gasteiger partial charge in [0.2, 0.25) is 0 Å². The Kier molecular flexibility index (Phi) is 3.97. The van der Waals surface area contributed by atoms with Gasteiger partial charge in [-0.1, -0.05) is 24.8 Å². The van der Waals surface area contributed by atoms with Crippen LogP contribution < -0.4 is 10.1 Å². The second-order valence-electron chi connectivity index (χ2n) is 4.02. The van der Waals surface area contributed by atoms with Gasteiger partial charge in [0.1, 0.15) is 18.1 Å². The van der Waals surface area contributed by atoms with Gasteiger partial charge in [0.05, 0.1) is 0 Å². The fraction of sp³-hybridized carbons (Fsp3) is 0.143. The number of ether oxygens (including phenoxy) is 1. The van der Waals surface area contributed by atoms with Crippen LogP contribution in [0.4, 0.5) is 0 Å². The smallest absolute Gasteiger partial charge is 0.276 e. The number of thiocarbonyl (C=S) groups is 1. The number of carbonyl (C=O) groups is 1. The molecule has 2 rings (SSSR count). The minimum Gasteiger partial charge on any atom is -0.490 e. The van der Waals surface area contributed by atoms with Gasteiger partial charge >= 0.3 is 0 Å². The summed E-state index contributed by atoms with van der Waals surface area (Å²) in [6.45, 7) is 4.06. The zero-order valence-electron chi connectivity index (χ0n) is 10.6. The number of amides is 1. The van der Waals surface area contributed by atoms with Gasteiger partial charge in [-0.3, -0.25) is 9.69 Å². The molecule has 1 saturated heterocycles. The molecule has 4 nitrogen and oxygen atoms in total. The molecular weight excluding hydrogens is 260 g/mol. The van der Waals surface area contributed by atoms with E-state index in [-0.39, 0.29) is 5.91 Å². The van der Waals surface area contributed by atoms with E-state index in [2.05, 4.69) is 11.9 Å². The van der Waals surface area contributed by atoms with Gasteiger partial charge in [-0.05, 0) is 36.0 Å². The summed E-state index contributed by atoms with van der Waals surface area (Å²) in [6.07, 6.45) is 3.45. The third-order valence-corrected chi connectivity index (χ3v) is 3.02. The number of likely N-dealkylation sites (N-methyl/N-ethyl adjacent to an activating group) is 1. The van der Waals surface area contributed by atoms with E-state index < -0.39 is 0 Å². The van der Waals surface area contributed by atoms with E-state index in [1.807, 2.05) is 24.3 Å². The Bertz CT molecular complexity index is 549. The average molecular weight is 274 g/mol. The average Bonchev–Trinajstić information content (AvgIpc) is 2.66. The number of hydrogen-bond donors (Lipinski definition) is 1. The van der Waals surface area contributed by atoms with Crippen molar-refractivity contribution in [2.75, 3.05) is 13.7 Å². The van der Waals surface area contributed by atoms with Gasteiger partial charge in [-0.2, -0.15) is 0 Å². The summed E-state index contributed by atoms with van der Waals surface area (Å²) in [5.74, 6) is 0.636. The Morgan fingerprint density at radius 1 is 1.42 bits per heavy atom. The Morgan fingerprint density at radius 2 is 2.11 bits per heavy atom. The molecule has 19 heavy (non-hydrogen) atoms. The fourth-order valence-electron chi connectivity index (χ4n) is 1.61. The zero-order valence-corrected chi connectivity index (χ0v) is 11.4. The van der Waals surface area contributed by atoms with Gasteiger partial charge in [-0.25, -0.2) is 0 Å². The number of carbonyl (C=O) groups excluding carboxylic acids is 1. The number of rotatable bonds is 4. The molecule has 1 aliphatic rings. The molecule has 5 heteroatoms. The van der Waals surface area contributed by atoms with E-state index in [0.717, 1.165) is 11.3 Å². The van der Waals surface area contributed by atoms with E-state index in [1.165, 1.54) is 4.90 Å². The molecule has 0 aliphatic carbocycles. The maximum absolute atomic E-state index is 11.8. The first-order chi connectivity index (χ1) is 9.11. The zero-order chi connectivity index (χ0) is 13.8. The lowest BCUT2D eigenvalue weighted by molar-refractivity contribution is -0.121. The standard InChI is InChI=1S/C14H14N2O2S/c1-3-8-18-11-6-4-10(5-7-11)9-12-13(17)16(2)14(19)15-12/h3-7,9H,1,8H2,2H3,(H,15,19). The molecule has 1 aromatic carbocycles. The third kappa shape index (κ3) is 3.00. The topological polar surface area (TPSA) is 41.6 Å². The maximum Gasteiger partial charge on any atom is 0.276 e. The van der Waals surface area contributed by atoms with Crippen LogP contribution >= 0.6 is 12.2 Å². The second kappa shape index (κ2) is 5.67. The van der Waals surface area contributed by atoms with E-state index in [0.29, 0.717) is 17.4 Å². The van der Waals surface area contributed by atoms with Crippen molar-refractivity contribution in [3.63, 3.8) is 0 Å². The van der Waals surface area contributed by atoms with Crippen LogP contribution in [0.25, 0.3) is 6.08 Å². The first-order valence-electron chi connectivity index (χ1n) is 5.76. The molecule has 0 radical (unpaired) electrons. The maximum atomic E-state index is 11.8. The predicted octanol–water partition coefficient (Wildman–Crippen LogP) is 1.94. The van der Waals surface area contributed by atoms with Crippen molar-refractivity contribution < 1.29 is 9.53 Å². The number of nitrogens with zero attached hydrogens (tertiary/aromatic N) is 1. The Labute approximate surface area is 117 Å². The summed E-state index contributed by atoms with van der Waals surface area (Å²) < 4.78 is 5.39. The molecule has 1 aromatic rings. The van der Waals surface area contributed by atoms with E-state index >= 15 is 0 Å². The highest BCUT2D eigenvalue weighted by atomic mass is 32.1. The molecule has 98 valence electrons. The highest BCUT2D eigenvalue weighted by Gasteiger charge is 2.26. The van der Waals surface area contributed by atoms with Gasteiger partial charge in [-0.15, -0.1) is 0 Å². The molecule has 0 atom stereocenters. The van der Waals surface area contributed by atoms with Crippen molar-refractivity contribution in [1.82, 2.24) is 10.2 Å². The van der Waals surface area contributed by atoms with Crippen LogP contribution in [-0.4, -0.2) is 29.6 Å². The highest BCUT2D eigenvalue weighted by Crippen LogP contribution is 2.16. The molecule has 1 fully saturated rings. The molecule has 0 spiro atoms. The largest absolute Gasteiger partial charge is 0.490 e. The fourth-order valence-corrected chi connectivity index (χ4v) is 1.80. The van der Waals surface area contributed by atoms with Gasteiger partial charge in [0.15, 0.2) is 5.11 Å². The minimum atomic E-state index is -0.128. The first kappa shape index (κ1) is 13.3. The van der Waals surface area contributed by atoms with E-state index in [1.54, 1.807) is 19.2 Å². The SMILES string of the molecule is C=CCOc1ccc(C=C2NC(=S)N(C)C2=O)cc1. The van der Waals surface area contributed by atoms with Crippen molar-refractivity contribution in [3.05, 3.63) is 48.2 Å². The molecular formula is C14H14N2O2S. The Balaban J connectivity index is 2.13. The van der Waals surface area contributed by atoms with Crippen molar-refractivity contribution in [2.24, 2.45) is 0 Å². The molecule has 0 unspecified atom stereocenters. The molecule has 1 N–H and O–H groups in total.